The number of thiazole rings is 1. The molecule has 0 bridgehead atoms. The summed E-state index contributed by atoms with van der Waals surface area (Å²) in [6.07, 6.45) is 1.28. The number of para-hydroxylation sites is 1. The Kier molecular flexibility index (Phi) is 11.2. The second-order valence-corrected chi connectivity index (χ2v) is 12.5. The predicted octanol–water partition coefficient (Wildman–Crippen LogP) is 6.04. The van der Waals surface area contributed by atoms with Gasteiger partial charge in [-0.05, 0) is 37.3 Å². The number of carbonyl (C=O) groups excluding carboxylic acids is 3. The molecule has 0 N–H and O–H groups in total. The third kappa shape index (κ3) is 8.42. The van der Waals surface area contributed by atoms with Crippen LogP contribution in [0.4, 0.5) is 5.69 Å². The second-order valence-electron chi connectivity index (χ2n) is 11.1. The fourth-order valence-electron chi connectivity index (χ4n) is 5.00. The van der Waals surface area contributed by atoms with Crippen molar-refractivity contribution in [2.45, 2.75) is 46.3 Å². The maximum Gasteiger partial charge on any atom is 0.330 e. The van der Waals surface area contributed by atoms with E-state index in [4.69, 9.17) is 35.3 Å². The van der Waals surface area contributed by atoms with E-state index in [1.807, 2.05) is 26.0 Å². The van der Waals surface area contributed by atoms with Gasteiger partial charge in [0, 0.05) is 58.6 Å². The summed E-state index contributed by atoms with van der Waals surface area (Å²) in [5, 5.41) is 2.90. The molecule has 2 aromatic carbocycles. The molecular weight excluding hydrogens is 620 g/mol. The molecule has 0 fully saturated rings. The standard InChI is InChI=1S/C33H37ClN2O8S/c1-7-42-29(38)14-12-22-17-45-28(35-22)16-27-32(39)36(18-33(3,4)19-43-20(2)37)25-13-11-21(34)15-24(25)30(44-27)23-9-8-10-26(40-5)31(23)41-6/h8-15,17,27,30H,7,16,18-19H2,1-6H3/b14-12+/t27-,30-/m1/s1. The van der Waals surface area contributed by atoms with E-state index in [0.29, 0.717) is 44.0 Å². The van der Waals surface area contributed by atoms with Gasteiger partial charge in [-0.1, -0.05) is 37.6 Å². The summed E-state index contributed by atoms with van der Waals surface area (Å²) >= 11 is 7.89. The summed E-state index contributed by atoms with van der Waals surface area (Å²) in [4.78, 5) is 44.2. The lowest BCUT2D eigenvalue weighted by Crippen LogP contribution is -2.46. The first-order valence-electron chi connectivity index (χ1n) is 14.4. The van der Waals surface area contributed by atoms with Crippen LogP contribution in [0.3, 0.4) is 0 Å². The minimum Gasteiger partial charge on any atom is -0.493 e. The number of halogens is 1. The molecular formula is C33H37ClN2O8S. The highest BCUT2D eigenvalue weighted by atomic mass is 35.5. The van der Waals surface area contributed by atoms with Gasteiger partial charge in [0.1, 0.15) is 12.2 Å². The number of fused-ring (bicyclic) bond motifs is 1. The van der Waals surface area contributed by atoms with E-state index in [1.165, 1.54) is 24.3 Å². The van der Waals surface area contributed by atoms with Crippen LogP contribution in [-0.2, 0) is 35.0 Å². The molecule has 2 atom stereocenters. The number of nitrogens with zero attached hydrogens (tertiary/aromatic N) is 2. The zero-order valence-corrected chi connectivity index (χ0v) is 27.7. The molecule has 45 heavy (non-hydrogen) atoms. The van der Waals surface area contributed by atoms with Gasteiger partial charge in [0.15, 0.2) is 11.5 Å². The van der Waals surface area contributed by atoms with Crippen molar-refractivity contribution in [3.8, 4) is 11.5 Å². The highest BCUT2D eigenvalue weighted by Gasteiger charge is 2.40. The van der Waals surface area contributed by atoms with Crippen molar-refractivity contribution in [1.29, 1.82) is 0 Å². The van der Waals surface area contributed by atoms with Crippen LogP contribution in [0, 0.1) is 5.41 Å². The number of methoxy groups -OCH3 is 2. The Balaban J connectivity index is 1.80. The molecule has 1 aliphatic rings. The number of aromatic nitrogens is 1. The minimum absolute atomic E-state index is 0.107. The Morgan fingerprint density at radius 3 is 2.60 bits per heavy atom. The number of anilines is 1. The van der Waals surface area contributed by atoms with Crippen molar-refractivity contribution in [3.05, 3.63) is 74.7 Å². The summed E-state index contributed by atoms with van der Waals surface area (Å²) in [5.41, 5.74) is 1.86. The van der Waals surface area contributed by atoms with Crippen molar-refractivity contribution in [2.24, 2.45) is 5.41 Å². The smallest absolute Gasteiger partial charge is 0.330 e. The quantitative estimate of drug-likeness (QED) is 0.170. The molecule has 0 radical (unpaired) electrons. The first kappa shape index (κ1) is 34.0. The number of hydrogen-bond donors (Lipinski definition) is 0. The van der Waals surface area contributed by atoms with Crippen LogP contribution in [0.15, 0.2) is 47.9 Å². The fraction of sp³-hybridized carbons (Fsp3) is 0.394. The van der Waals surface area contributed by atoms with Gasteiger partial charge in [-0.2, -0.15) is 0 Å². The van der Waals surface area contributed by atoms with E-state index in [-0.39, 0.29) is 32.1 Å². The summed E-state index contributed by atoms with van der Waals surface area (Å²) in [6.45, 7) is 7.53. The SMILES string of the molecule is CCOC(=O)/C=C/c1csc(C[C@H]2O[C@H](c3cccc(OC)c3OC)c3cc(Cl)ccc3N(CC(C)(C)COC(C)=O)C2=O)n1. The number of esters is 2. The monoisotopic (exact) mass is 656 g/mol. The minimum atomic E-state index is -0.977. The third-order valence-electron chi connectivity index (χ3n) is 6.98. The van der Waals surface area contributed by atoms with Crippen LogP contribution in [0.2, 0.25) is 5.02 Å². The Morgan fingerprint density at radius 2 is 1.91 bits per heavy atom. The first-order valence-corrected chi connectivity index (χ1v) is 15.6. The van der Waals surface area contributed by atoms with Crippen molar-refractivity contribution in [2.75, 3.05) is 38.9 Å². The third-order valence-corrected chi connectivity index (χ3v) is 8.10. The van der Waals surface area contributed by atoms with Crippen LogP contribution >= 0.6 is 22.9 Å². The molecule has 1 aliphatic heterocycles. The lowest BCUT2D eigenvalue weighted by Gasteiger charge is -2.33. The number of hydrogen-bond acceptors (Lipinski definition) is 10. The maximum absolute atomic E-state index is 14.5. The van der Waals surface area contributed by atoms with E-state index in [0.717, 1.165) is 0 Å². The largest absolute Gasteiger partial charge is 0.493 e. The Bertz CT molecular complexity index is 1570. The highest BCUT2D eigenvalue weighted by molar-refractivity contribution is 7.09. The molecule has 2 heterocycles. The lowest BCUT2D eigenvalue weighted by atomic mass is 9.92. The van der Waals surface area contributed by atoms with Crippen LogP contribution in [0.5, 0.6) is 11.5 Å². The summed E-state index contributed by atoms with van der Waals surface area (Å²) < 4.78 is 28.4. The molecule has 3 aromatic rings. The maximum atomic E-state index is 14.5. The van der Waals surface area contributed by atoms with Gasteiger partial charge in [-0.25, -0.2) is 9.78 Å². The van der Waals surface area contributed by atoms with Gasteiger partial charge in [-0.3, -0.25) is 9.59 Å². The van der Waals surface area contributed by atoms with Crippen LogP contribution < -0.4 is 14.4 Å². The lowest BCUT2D eigenvalue weighted by molar-refractivity contribution is -0.144. The number of amides is 1. The number of rotatable bonds is 12. The number of benzene rings is 2. The first-order chi connectivity index (χ1) is 21.5. The van der Waals surface area contributed by atoms with Crippen molar-refractivity contribution >= 4 is 52.5 Å². The molecule has 0 saturated carbocycles. The molecule has 12 heteroatoms. The van der Waals surface area contributed by atoms with Crippen LogP contribution in [0.1, 0.15) is 55.6 Å². The van der Waals surface area contributed by atoms with Crippen molar-refractivity contribution < 1.29 is 38.1 Å². The molecule has 1 amide bonds. The Morgan fingerprint density at radius 1 is 1.13 bits per heavy atom. The highest BCUT2D eigenvalue weighted by Crippen LogP contribution is 2.45. The molecule has 1 aromatic heterocycles. The van der Waals surface area contributed by atoms with E-state index in [9.17, 15) is 14.4 Å². The topological polar surface area (TPSA) is 113 Å². The predicted molar refractivity (Wildman–Crippen MR) is 172 cm³/mol. The second kappa shape index (κ2) is 14.9. The molecule has 4 rings (SSSR count). The normalized spacial score (nSPS) is 16.7. The zero-order chi connectivity index (χ0) is 32.7. The van der Waals surface area contributed by atoms with Gasteiger partial charge in [-0.15, -0.1) is 11.3 Å². The zero-order valence-electron chi connectivity index (χ0n) is 26.1. The molecule has 240 valence electrons. The molecule has 0 spiro atoms. The molecule has 0 aliphatic carbocycles. The van der Waals surface area contributed by atoms with Gasteiger partial charge in [0.25, 0.3) is 5.91 Å². The summed E-state index contributed by atoms with van der Waals surface area (Å²) in [5.74, 6) is -0.191. The van der Waals surface area contributed by atoms with Gasteiger partial charge in [0.2, 0.25) is 0 Å². The number of carbonyl (C=O) groups is 3. The van der Waals surface area contributed by atoms with Crippen LogP contribution in [0.25, 0.3) is 6.08 Å². The van der Waals surface area contributed by atoms with Crippen LogP contribution in [-0.4, -0.2) is 62.9 Å². The number of ether oxygens (including phenoxy) is 5. The van der Waals surface area contributed by atoms with Crippen molar-refractivity contribution in [3.63, 3.8) is 0 Å². The van der Waals surface area contributed by atoms with E-state index in [2.05, 4.69) is 4.98 Å². The fourth-order valence-corrected chi connectivity index (χ4v) is 5.97. The Labute approximate surface area is 271 Å². The van der Waals surface area contributed by atoms with Gasteiger partial charge >= 0.3 is 11.9 Å². The van der Waals surface area contributed by atoms with Gasteiger partial charge < -0.3 is 28.6 Å². The molecule has 10 nitrogen and oxygen atoms in total. The molecule has 0 saturated heterocycles. The summed E-state index contributed by atoms with van der Waals surface area (Å²) in [6, 6.07) is 10.8. The molecule has 0 unspecified atom stereocenters. The van der Waals surface area contributed by atoms with E-state index < -0.39 is 29.6 Å². The van der Waals surface area contributed by atoms with E-state index >= 15 is 0 Å². The average Bonchev–Trinajstić information content (AvgIpc) is 3.43. The summed E-state index contributed by atoms with van der Waals surface area (Å²) in [7, 11) is 3.10. The van der Waals surface area contributed by atoms with Crippen molar-refractivity contribution in [1.82, 2.24) is 4.98 Å². The Hall–Kier alpha value is -3.93. The average molecular weight is 657 g/mol. The van der Waals surface area contributed by atoms with Gasteiger partial charge in [0.05, 0.1) is 38.1 Å². The van der Waals surface area contributed by atoms with E-state index in [1.54, 1.807) is 61.8 Å².